The summed E-state index contributed by atoms with van der Waals surface area (Å²) in [5.74, 6) is -0.497. The number of nitrogens with one attached hydrogen (secondary N) is 1. The Bertz CT molecular complexity index is 984. The molecule has 0 saturated carbocycles. The third-order valence-corrected chi connectivity index (χ3v) is 4.99. The molecule has 27 heavy (non-hydrogen) atoms. The van der Waals surface area contributed by atoms with E-state index in [-0.39, 0.29) is 5.92 Å². The number of hydrogen-bond donors (Lipinski definition) is 1. The number of H-pyrrole nitrogens is 1. The zero-order valence-corrected chi connectivity index (χ0v) is 14.5. The van der Waals surface area contributed by atoms with Crippen molar-refractivity contribution >= 4 is 27.8 Å². The van der Waals surface area contributed by atoms with E-state index in [9.17, 15) is 18.0 Å². The summed E-state index contributed by atoms with van der Waals surface area (Å²) < 4.78 is 37.3. The van der Waals surface area contributed by atoms with Gasteiger partial charge in [-0.2, -0.15) is 13.2 Å². The molecular weight excluding hydrogens is 359 g/mol. The van der Waals surface area contributed by atoms with Crippen LogP contribution in [0.4, 0.5) is 13.2 Å². The normalized spacial score (nSPS) is 18.3. The number of piperidine rings is 1. The molecule has 0 bridgehead atoms. The van der Waals surface area contributed by atoms with Gasteiger partial charge in [0.05, 0.1) is 17.6 Å². The first-order valence-corrected chi connectivity index (χ1v) is 8.85. The van der Waals surface area contributed by atoms with E-state index in [4.69, 9.17) is 0 Å². The highest BCUT2D eigenvalue weighted by molar-refractivity contribution is 6.04. The molecule has 1 fully saturated rings. The van der Waals surface area contributed by atoms with Crippen molar-refractivity contribution in [3.63, 3.8) is 0 Å². The Morgan fingerprint density at radius 1 is 1.30 bits per heavy atom. The molecule has 1 amide bonds. The molecule has 1 aliphatic heterocycles. The summed E-state index contributed by atoms with van der Waals surface area (Å²) in [6, 6.07) is 3.69. The lowest BCUT2D eigenvalue weighted by Crippen LogP contribution is -2.39. The molecule has 4 heterocycles. The van der Waals surface area contributed by atoms with Crippen molar-refractivity contribution in [1.82, 2.24) is 25.1 Å². The van der Waals surface area contributed by atoms with E-state index in [1.165, 1.54) is 4.90 Å². The van der Waals surface area contributed by atoms with Crippen LogP contribution in [0.3, 0.4) is 0 Å². The van der Waals surface area contributed by atoms with Crippen molar-refractivity contribution in [3.8, 4) is 0 Å². The number of fused-ring (bicyclic) bond motifs is 3. The Labute approximate surface area is 152 Å². The number of alkyl halides is 3. The molecule has 6 nitrogen and oxygen atoms in total. The molecule has 0 spiro atoms. The van der Waals surface area contributed by atoms with Gasteiger partial charge < -0.3 is 9.88 Å². The molecule has 0 aliphatic carbocycles. The minimum absolute atomic E-state index is 0.0420. The highest BCUT2D eigenvalue weighted by atomic mass is 19.4. The minimum Gasteiger partial charge on any atom is -0.345 e. The maximum atomic E-state index is 12.4. The van der Waals surface area contributed by atoms with Gasteiger partial charge in [-0.25, -0.2) is 0 Å². The number of likely N-dealkylation sites (tertiary alicyclic amines) is 1. The highest BCUT2D eigenvalue weighted by Gasteiger charge is 2.32. The van der Waals surface area contributed by atoms with Gasteiger partial charge in [-0.3, -0.25) is 9.78 Å². The van der Waals surface area contributed by atoms with Crippen molar-refractivity contribution in [1.29, 1.82) is 0 Å². The first-order chi connectivity index (χ1) is 12.9. The van der Waals surface area contributed by atoms with Crippen LogP contribution < -0.4 is 0 Å². The van der Waals surface area contributed by atoms with Crippen molar-refractivity contribution < 1.29 is 18.0 Å². The maximum absolute atomic E-state index is 12.4. The molecule has 3 aromatic rings. The van der Waals surface area contributed by atoms with E-state index in [0.717, 1.165) is 29.3 Å². The molecule has 1 unspecified atom stereocenters. The lowest BCUT2D eigenvalue weighted by molar-refractivity contribution is -0.149. The number of aromatic nitrogens is 4. The number of aromatic amines is 1. The molecule has 3 aromatic heterocycles. The largest absolute Gasteiger partial charge is 0.389 e. The summed E-state index contributed by atoms with van der Waals surface area (Å²) in [6.45, 7) is 0.856. The molecule has 1 saturated heterocycles. The Morgan fingerprint density at radius 2 is 2.15 bits per heavy atom. The monoisotopic (exact) mass is 377 g/mol. The Morgan fingerprint density at radius 3 is 2.96 bits per heavy atom. The summed E-state index contributed by atoms with van der Waals surface area (Å²) in [5, 5.41) is 10.2. The van der Waals surface area contributed by atoms with Crippen molar-refractivity contribution in [2.45, 2.75) is 37.8 Å². The van der Waals surface area contributed by atoms with Crippen LogP contribution in [-0.2, 0) is 4.79 Å². The van der Waals surface area contributed by atoms with Crippen LogP contribution in [0, 0.1) is 0 Å². The van der Waals surface area contributed by atoms with Gasteiger partial charge in [0.2, 0.25) is 5.91 Å². The SMILES string of the molecule is O=C(CCC(F)(F)F)N1CCCC(c2nccc3nnc4[nH]ccc4c23)C1. The molecule has 0 aromatic carbocycles. The van der Waals surface area contributed by atoms with Crippen LogP contribution in [0.5, 0.6) is 0 Å². The van der Waals surface area contributed by atoms with Gasteiger partial charge in [0.1, 0.15) is 0 Å². The summed E-state index contributed by atoms with van der Waals surface area (Å²) in [6.07, 6.45) is -0.913. The van der Waals surface area contributed by atoms with Gasteiger partial charge in [-0.15, -0.1) is 10.2 Å². The minimum atomic E-state index is -4.32. The standard InChI is InChI=1S/C18H18F3N5O/c19-18(20,21)6-3-14(27)26-9-1-2-11(10-26)16-15-12-4-7-23-17(12)25-24-13(15)5-8-22-16/h4-5,7-8,11H,1-3,6,9-10H2,(H,23,25). The van der Waals surface area contributed by atoms with Crippen LogP contribution in [-0.4, -0.2) is 50.2 Å². The summed E-state index contributed by atoms with van der Waals surface area (Å²) >= 11 is 0. The second-order valence-corrected chi connectivity index (χ2v) is 6.82. The average Bonchev–Trinajstić information content (AvgIpc) is 3.14. The van der Waals surface area contributed by atoms with Crippen molar-refractivity contribution in [2.75, 3.05) is 13.1 Å². The molecular formula is C18H18F3N5O. The van der Waals surface area contributed by atoms with E-state index < -0.39 is 24.9 Å². The fourth-order valence-corrected chi connectivity index (χ4v) is 3.72. The maximum Gasteiger partial charge on any atom is 0.389 e. The highest BCUT2D eigenvalue weighted by Crippen LogP contribution is 2.33. The Hall–Kier alpha value is -2.71. The Kier molecular flexibility index (Phi) is 4.45. The number of pyridine rings is 1. The summed E-state index contributed by atoms with van der Waals surface area (Å²) in [5.41, 5.74) is 2.19. The van der Waals surface area contributed by atoms with E-state index in [2.05, 4.69) is 20.2 Å². The lowest BCUT2D eigenvalue weighted by atomic mass is 9.91. The van der Waals surface area contributed by atoms with Crippen molar-refractivity contribution in [3.05, 3.63) is 30.2 Å². The molecule has 1 N–H and O–H groups in total. The van der Waals surface area contributed by atoms with Gasteiger partial charge in [0.15, 0.2) is 5.65 Å². The van der Waals surface area contributed by atoms with E-state index >= 15 is 0 Å². The predicted molar refractivity (Wildman–Crippen MR) is 93.0 cm³/mol. The number of rotatable bonds is 3. The number of halogens is 3. The van der Waals surface area contributed by atoms with E-state index in [1.807, 2.05) is 6.07 Å². The van der Waals surface area contributed by atoms with Crippen LogP contribution in [0.15, 0.2) is 24.5 Å². The fourth-order valence-electron chi connectivity index (χ4n) is 3.72. The van der Waals surface area contributed by atoms with E-state index in [0.29, 0.717) is 24.3 Å². The third-order valence-electron chi connectivity index (χ3n) is 4.99. The molecule has 142 valence electrons. The van der Waals surface area contributed by atoms with Crippen LogP contribution in [0.2, 0.25) is 0 Å². The zero-order chi connectivity index (χ0) is 19.0. The lowest BCUT2D eigenvalue weighted by Gasteiger charge is -2.33. The molecule has 9 heteroatoms. The van der Waals surface area contributed by atoms with Gasteiger partial charge in [0, 0.05) is 48.6 Å². The number of carbonyl (C=O) groups is 1. The average molecular weight is 377 g/mol. The Balaban J connectivity index is 1.62. The molecule has 1 aliphatic rings. The topological polar surface area (TPSA) is 74.8 Å². The van der Waals surface area contributed by atoms with E-state index in [1.54, 1.807) is 18.5 Å². The third kappa shape index (κ3) is 3.58. The van der Waals surface area contributed by atoms with Crippen molar-refractivity contribution in [2.24, 2.45) is 0 Å². The summed E-state index contributed by atoms with van der Waals surface area (Å²) in [4.78, 5) is 21.3. The molecule has 1 atom stereocenters. The van der Waals surface area contributed by atoms with Gasteiger partial charge in [0.25, 0.3) is 0 Å². The molecule has 4 rings (SSSR count). The molecule has 0 radical (unpaired) electrons. The second kappa shape index (κ2) is 6.79. The quantitative estimate of drug-likeness (QED) is 0.757. The van der Waals surface area contributed by atoms with Gasteiger partial charge in [-0.1, -0.05) is 0 Å². The second-order valence-electron chi connectivity index (χ2n) is 6.82. The first-order valence-electron chi connectivity index (χ1n) is 8.85. The van der Waals surface area contributed by atoms with Gasteiger partial charge in [-0.05, 0) is 25.0 Å². The zero-order valence-electron chi connectivity index (χ0n) is 14.5. The fraction of sp³-hybridized carbons (Fsp3) is 0.444. The van der Waals surface area contributed by atoms with Crippen LogP contribution >= 0.6 is 0 Å². The van der Waals surface area contributed by atoms with Crippen LogP contribution in [0.25, 0.3) is 21.9 Å². The van der Waals surface area contributed by atoms with Gasteiger partial charge >= 0.3 is 6.18 Å². The predicted octanol–water partition coefficient (Wildman–Crippen LogP) is 3.55. The number of amides is 1. The first kappa shape index (κ1) is 17.7. The summed E-state index contributed by atoms with van der Waals surface area (Å²) in [7, 11) is 0. The number of hydrogen-bond acceptors (Lipinski definition) is 4. The van der Waals surface area contributed by atoms with Crippen LogP contribution in [0.1, 0.15) is 37.3 Å². The number of carbonyl (C=O) groups excluding carboxylic acids is 1. The smallest absolute Gasteiger partial charge is 0.345 e. The number of nitrogens with zero attached hydrogens (tertiary/aromatic N) is 4.